The van der Waals surface area contributed by atoms with E-state index in [1.165, 1.54) is 6.08 Å². The smallest absolute Gasteiger partial charge is 0.331 e. The summed E-state index contributed by atoms with van der Waals surface area (Å²) in [6.07, 6.45) is 7.54. The Hall–Kier alpha value is -1.77. The van der Waals surface area contributed by atoms with Gasteiger partial charge in [-0.15, -0.1) is 0 Å². The third-order valence-electron chi connectivity index (χ3n) is 12.6. The molecule has 1 heterocycles. The van der Waals surface area contributed by atoms with Crippen molar-refractivity contribution in [3.8, 4) is 0 Å². The van der Waals surface area contributed by atoms with Gasteiger partial charge in [0.15, 0.2) is 0 Å². The number of hydrogen-bond acceptors (Lipinski definition) is 7. The summed E-state index contributed by atoms with van der Waals surface area (Å²) in [5.74, 6) is 0.316. The lowest BCUT2D eigenvalue weighted by Crippen LogP contribution is -2.76. The first-order valence-electron chi connectivity index (χ1n) is 15.3. The highest BCUT2D eigenvalue weighted by Gasteiger charge is 2.84. The topological polar surface area (TPSA) is 77.5 Å². The molecule has 5 aliphatic carbocycles. The first-order valence-corrected chi connectivity index (χ1v) is 15.3. The fourth-order valence-corrected chi connectivity index (χ4v) is 11.7. The molecule has 7 rings (SSSR count). The van der Waals surface area contributed by atoms with Crippen LogP contribution in [0.1, 0.15) is 44.6 Å². The van der Waals surface area contributed by atoms with Crippen molar-refractivity contribution >= 4 is 12.0 Å². The molecule has 7 nitrogen and oxygen atoms in total. The normalized spacial score (nSPS) is 48.5. The highest BCUT2D eigenvalue weighted by atomic mass is 16.5. The summed E-state index contributed by atoms with van der Waals surface area (Å²) in [4.78, 5) is 16.0. The van der Waals surface area contributed by atoms with Gasteiger partial charge in [-0.3, -0.25) is 4.90 Å². The zero-order valence-corrected chi connectivity index (χ0v) is 24.3. The zero-order chi connectivity index (χ0) is 27.9. The molecule has 6 fully saturated rings. The number of ether oxygens (including phenoxy) is 4. The van der Waals surface area contributed by atoms with Crippen LogP contribution in [0.25, 0.3) is 6.08 Å². The number of piperidine rings is 1. The molecule has 0 aromatic heterocycles. The van der Waals surface area contributed by atoms with Gasteiger partial charge in [0.2, 0.25) is 0 Å². The lowest BCUT2D eigenvalue weighted by atomic mass is 9.43. The first-order chi connectivity index (χ1) is 19.4. The van der Waals surface area contributed by atoms with Crippen LogP contribution in [0, 0.1) is 40.4 Å². The molecule has 1 saturated heterocycles. The Balaban J connectivity index is 1.31. The number of aliphatic hydroxyl groups is 1. The lowest BCUT2D eigenvalue weighted by molar-refractivity contribution is -0.277. The Kier molecular flexibility index (Phi) is 6.52. The van der Waals surface area contributed by atoms with Crippen molar-refractivity contribution in [2.24, 2.45) is 40.4 Å². The van der Waals surface area contributed by atoms with Gasteiger partial charge in [-0.2, -0.15) is 0 Å². The van der Waals surface area contributed by atoms with Gasteiger partial charge in [0, 0.05) is 75.0 Å². The van der Waals surface area contributed by atoms with Crippen LogP contribution in [0.3, 0.4) is 0 Å². The van der Waals surface area contributed by atoms with Crippen LogP contribution in [0.2, 0.25) is 0 Å². The predicted octanol–water partition coefficient (Wildman–Crippen LogP) is 3.80. The average Bonchev–Trinajstić information content (AvgIpc) is 3.41. The molecule has 0 unspecified atom stereocenters. The third-order valence-corrected chi connectivity index (χ3v) is 12.6. The molecule has 12 atom stereocenters. The molecule has 218 valence electrons. The molecule has 1 aromatic carbocycles. The molecule has 40 heavy (non-hydrogen) atoms. The predicted molar refractivity (Wildman–Crippen MR) is 150 cm³/mol. The van der Waals surface area contributed by atoms with Gasteiger partial charge in [-0.1, -0.05) is 37.3 Å². The number of benzene rings is 1. The van der Waals surface area contributed by atoms with Gasteiger partial charge >= 0.3 is 5.97 Å². The van der Waals surface area contributed by atoms with E-state index in [-0.39, 0.29) is 64.8 Å². The fraction of sp³-hybridized carbons (Fsp3) is 0.727. The van der Waals surface area contributed by atoms with Crippen LogP contribution in [0.15, 0.2) is 36.4 Å². The maximum Gasteiger partial charge on any atom is 0.331 e. The lowest BCUT2D eigenvalue weighted by Gasteiger charge is -2.69. The van der Waals surface area contributed by atoms with Gasteiger partial charge < -0.3 is 24.1 Å². The van der Waals surface area contributed by atoms with E-state index in [0.29, 0.717) is 12.3 Å². The maximum absolute atomic E-state index is 13.3. The first kappa shape index (κ1) is 27.1. The van der Waals surface area contributed by atoms with Crippen molar-refractivity contribution in [2.75, 3.05) is 41.0 Å². The van der Waals surface area contributed by atoms with E-state index in [2.05, 4.69) is 11.8 Å². The van der Waals surface area contributed by atoms with Crippen molar-refractivity contribution in [3.63, 3.8) is 0 Å². The van der Waals surface area contributed by atoms with Crippen molar-refractivity contribution < 1.29 is 28.8 Å². The van der Waals surface area contributed by atoms with Gasteiger partial charge in [0.05, 0.1) is 24.4 Å². The van der Waals surface area contributed by atoms with Crippen molar-refractivity contribution in [2.45, 2.75) is 69.0 Å². The van der Waals surface area contributed by atoms with Gasteiger partial charge in [-0.25, -0.2) is 4.79 Å². The van der Waals surface area contributed by atoms with E-state index in [1.54, 1.807) is 7.11 Å². The number of carbonyl (C=O) groups excluding carboxylic acids is 1. The number of likely N-dealkylation sites (tertiary alicyclic amines) is 1. The summed E-state index contributed by atoms with van der Waals surface area (Å²) in [5.41, 5.74) is -0.0262. The second-order valence-corrected chi connectivity index (χ2v) is 13.6. The van der Waals surface area contributed by atoms with Crippen LogP contribution in [-0.2, 0) is 23.7 Å². The number of fused-ring (bicyclic) bond motifs is 2. The van der Waals surface area contributed by atoms with E-state index in [9.17, 15) is 9.90 Å². The Morgan fingerprint density at radius 3 is 2.62 bits per heavy atom. The van der Waals surface area contributed by atoms with Crippen LogP contribution in [-0.4, -0.2) is 87.0 Å². The van der Waals surface area contributed by atoms with E-state index in [4.69, 9.17) is 18.9 Å². The number of rotatable bonds is 8. The Labute approximate surface area is 238 Å². The highest BCUT2D eigenvalue weighted by Crippen LogP contribution is 2.79. The molecule has 0 radical (unpaired) electrons. The Morgan fingerprint density at radius 2 is 1.93 bits per heavy atom. The van der Waals surface area contributed by atoms with E-state index >= 15 is 0 Å². The van der Waals surface area contributed by atoms with Crippen LogP contribution < -0.4 is 0 Å². The molecular formula is C33H45NO6. The number of methoxy groups -OCH3 is 3. The van der Waals surface area contributed by atoms with E-state index in [0.717, 1.165) is 50.9 Å². The molecule has 0 amide bonds. The van der Waals surface area contributed by atoms with E-state index < -0.39 is 5.60 Å². The molecular weight excluding hydrogens is 506 g/mol. The minimum Gasteiger partial charge on any atom is -0.458 e. The minimum atomic E-state index is -0.950. The second kappa shape index (κ2) is 9.63. The largest absolute Gasteiger partial charge is 0.458 e. The second-order valence-electron chi connectivity index (χ2n) is 13.6. The number of esters is 1. The molecule has 1 aliphatic heterocycles. The minimum absolute atomic E-state index is 0.0589. The number of hydrogen-bond donors (Lipinski definition) is 1. The fourth-order valence-electron chi connectivity index (χ4n) is 11.7. The van der Waals surface area contributed by atoms with E-state index in [1.807, 2.05) is 50.6 Å². The van der Waals surface area contributed by atoms with Crippen LogP contribution >= 0.6 is 0 Å². The SMILES string of the molecule is CCN1C[C@]2(COC)CC[C@H](OC)[C@@]34[C@@H]5C[C@H]6[C@H](OC(=O)/C=C/c7ccccc7)[C@@H]5[C@@](O)(C[C@@H]6OC)[C@@H](C[C@H]23)[C@@H]14. The maximum atomic E-state index is 13.3. The summed E-state index contributed by atoms with van der Waals surface area (Å²) in [5, 5.41) is 12.9. The molecule has 1 aromatic rings. The van der Waals surface area contributed by atoms with Crippen LogP contribution in [0.5, 0.6) is 0 Å². The molecule has 1 N–H and O–H groups in total. The standard InChI is InChI=1S/C33H45NO6/c1-5-34-18-31(19-37-2)14-13-26(39-4)33-22-15-21-24(38-3)17-32(36,23(30(33)34)16-25(31)33)28(22)29(21)40-27(35)12-11-20-9-7-6-8-10-20/h6-12,21-26,28-30,36H,5,13-19H2,1-4H3/b12-11+/t21-,22-,23+,24+,25-,26+,28-,29+,30-,31+,32-,33-/m1/s1. The monoisotopic (exact) mass is 551 g/mol. The van der Waals surface area contributed by atoms with Crippen molar-refractivity contribution in [3.05, 3.63) is 42.0 Å². The molecule has 7 bridgehead atoms. The summed E-state index contributed by atoms with van der Waals surface area (Å²) < 4.78 is 24.8. The molecule has 1 spiro atoms. The molecule has 5 saturated carbocycles. The van der Waals surface area contributed by atoms with Gasteiger partial charge in [0.25, 0.3) is 0 Å². The number of nitrogens with zero attached hydrogens (tertiary/aromatic N) is 1. The Morgan fingerprint density at radius 1 is 1.12 bits per heavy atom. The average molecular weight is 552 g/mol. The molecule has 7 heteroatoms. The summed E-state index contributed by atoms with van der Waals surface area (Å²) >= 11 is 0. The number of carbonyl (C=O) groups is 1. The van der Waals surface area contributed by atoms with Gasteiger partial charge in [0.1, 0.15) is 6.10 Å². The van der Waals surface area contributed by atoms with Crippen LogP contribution in [0.4, 0.5) is 0 Å². The Bertz CT molecular complexity index is 1160. The highest BCUT2D eigenvalue weighted by molar-refractivity contribution is 5.87. The quantitative estimate of drug-likeness (QED) is 0.389. The van der Waals surface area contributed by atoms with Crippen molar-refractivity contribution in [1.82, 2.24) is 4.90 Å². The third kappa shape index (κ3) is 3.39. The zero-order valence-electron chi connectivity index (χ0n) is 24.3. The molecule has 6 aliphatic rings. The summed E-state index contributed by atoms with van der Waals surface area (Å²) in [6.45, 7) is 4.98. The van der Waals surface area contributed by atoms with Gasteiger partial charge in [-0.05, 0) is 55.7 Å². The summed E-state index contributed by atoms with van der Waals surface area (Å²) in [6, 6.07) is 10.1. The summed E-state index contributed by atoms with van der Waals surface area (Å²) in [7, 11) is 5.47. The van der Waals surface area contributed by atoms with Crippen molar-refractivity contribution in [1.29, 1.82) is 0 Å².